The van der Waals surface area contributed by atoms with Gasteiger partial charge in [-0.2, -0.15) is 0 Å². The smallest absolute Gasteiger partial charge is 0.405 e. The molecule has 0 rings (SSSR count). The molecule has 0 bridgehead atoms. The van der Waals surface area contributed by atoms with Crippen molar-refractivity contribution in [2.24, 2.45) is 0 Å². The second-order valence-electron chi connectivity index (χ2n) is 3.59. The van der Waals surface area contributed by atoms with Gasteiger partial charge in [0.2, 0.25) is 5.91 Å². The first kappa shape index (κ1) is 16.7. The highest BCUT2D eigenvalue weighted by molar-refractivity contribution is 5.84. The standard InChI is InChI=1S/C11H22N2O5/c1-4-17-9(18-5-2)6-7-12-10(14)8(3)13-11(15)16/h8-9,13H,4-7H2,1-3H3,(H,12,14)(H,15,16)/t8-/m0/s1. The molecule has 3 N–H and O–H groups in total. The van der Waals surface area contributed by atoms with Crippen LogP contribution in [0, 0.1) is 0 Å². The second kappa shape index (κ2) is 9.67. The summed E-state index contributed by atoms with van der Waals surface area (Å²) in [4.78, 5) is 21.8. The summed E-state index contributed by atoms with van der Waals surface area (Å²) in [6.07, 6.45) is -1.05. The molecule has 0 saturated carbocycles. The molecule has 1 atom stereocenters. The molecule has 0 aliphatic rings. The molecule has 0 aromatic heterocycles. The Morgan fingerprint density at radius 1 is 1.22 bits per heavy atom. The van der Waals surface area contributed by atoms with E-state index in [0.29, 0.717) is 26.2 Å². The predicted octanol–water partition coefficient (Wildman–Crippen LogP) is 0.548. The third-order valence-corrected chi connectivity index (χ3v) is 2.12. The van der Waals surface area contributed by atoms with Crippen LogP contribution in [-0.2, 0) is 14.3 Å². The van der Waals surface area contributed by atoms with Crippen molar-refractivity contribution in [2.45, 2.75) is 39.5 Å². The van der Waals surface area contributed by atoms with E-state index in [-0.39, 0.29) is 12.2 Å². The minimum absolute atomic E-state index is 0.344. The van der Waals surface area contributed by atoms with Gasteiger partial charge in [-0.3, -0.25) is 4.79 Å². The molecule has 18 heavy (non-hydrogen) atoms. The molecule has 0 aliphatic carbocycles. The number of ether oxygens (including phenoxy) is 2. The first-order valence-corrected chi connectivity index (χ1v) is 6.01. The summed E-state index contributed by atoms with van der Waals surface area (Å²) in [6, 6.07) is -0.778. The molecule has 7 heteroatoms. The summed E-state index contributed by atoms with van der Waals surface area (Å²) >= 11 is 0. The van der Waals surface area contributed by atoms with Gasteiger partial charge in [0.25, 0.3) is 0 Å². The molecular weight excluding hydrogens is 240 g/mol. The maximum atomic E-state index is 11.5. The number of carboxylic acid groups (broad SMARTS) is 1. The highest BCUT2D eigenvalue weighted by atomic mass is 16.7. The SMILES string of the molecule is CCOC(CCNC(=O)[C@H](C)NC(=O)O)OCC. The Labute approximate surface area is 107 Å². The molecule has 0 saturated heterocycles. The monoisotopic (exact) mass is 262 g/mol. The number of nitrogens with one attached hydrogen (secondary N) is 2. The lowest BCUT2D eigenvalue weighted by Crippen LogP contribution is -2.45. The second-order valence-corrected chi connectivity index (χ2v) is 3.59. The van der Waals surface area contributed by atoms with Crippen molar-refractivity contribution in [2.75, 3.05) is 19.8 Å². The van der Waals surface area contributed by atoms with Crippen LogP contribution in [0.5, 0.6) is 0 Å². The minimum Gasteiger partial charge on any atom is -0.465 e. The molecule has 0 aromatic carbocycles. The number of hydrogen-bond donors (Lipinski definition) is 3. The molecule has 7 nitrogen and oxygen atoms in total. The zero-order valence-electron chi connectivity index (χ0n) is 11.1. The van der Waals surface area contributed by atoms with Crippen molar-refractivity contribution in [1.82, 2.24) is 10.6 Å². The van der Waals surface area contributed by atoms with Crippen molar-refractivity contribution in [1.29, 1.82) is 0 Å². The lowest BCUT2D eigenvalue weighted by atomic mass is 10.3. The summed E-state index contributed by atoms with van der Waals surface area (Å²) < 4.78 is 10.6. The van der Waals surface area contributed by atoms with E-state index in [1.807, 2.05) is 13.8 Å². The van der Waals surface area contributed by atoms with Crippen molar-refractivity contribution in [3.8, 4) is 0 Å². The van der Waals surface area contributed by atoms with Crippen molar-refractivity contribution >= 4 is 12.0 Å². The van der Waals surface area contributed by atoms with Crippen molar-refractivity contribution in [3.63, 3.8) is 0 Å². The molecule has 0 fully saturated rings. The van der Waals surface area contributed by atoms with E-state index < -0.39 is 12.1 Å². The zero-order valence-corrected chi connectivity index (χ0v) is 11.1. The van der Waals surface area contributed by atoms with Gasteiger partial charge in [0.15, 0.2) is 6.29 Å². The Bertz CT molecular complexity index is 254. The molecule has 0 heterocycles. The Hall–Kier alpha value is -1.34. The quantitative estimate of drug-likeness (QED) is 0.527. The van der Waals surface area contributed by atoms with E-state index in [0.717, 1.165) is 0 Å². The van der Waals surface area contributed by atoms with Crippen LogP contribution >= 0.6 is 0 Å². The minimum atomic E-state index is -1.22. The Morgan fingerprint density at radius 3 is 2.22 bits per heavy atom. The molecule has 0 aliphatic heterocycles. The van der Waals surface area contributed by atoms with Crippen LogP contribution in [0.15, 0.2) is 0 Å². The summed E-state index contributed by atoms with van der Waals surface area (Å²) in [5.74, 6) is -0.371. The number of rotatable bonds is 9. The fraction of sp³-hybridized carbons (Fsp3) is 0.818. The Balaban J connectivity index is 3.86. The lowest BCUT2D eigenvalue weighted by Gasteiger charge is -2.18. The summed E-state index contributed by atoms with van der Waals surface area (Å²) in [7, 11) is 0. The van der Waals surface area contributed by atoms with E-state index in [2.05, 4.69) is 10.6 Å². The predicted molar refractivity (Wildman–Crippen MR) is 65.3 cm³/mol. The van der Waals surface area contributed by atoms with Crippen LogP contribution in [0.25, 0.3) is 0 Å². The Morgan fingerprint density at radius 2 is 1.78 bits per heavy atom. The highest BCUT2D eigenvalue weighted by Gasteiger charge is 2.15. The molecular formula is C11H22N2O5. The number of hydrogen-bond acceptors (Lipinski definition) is 4. The van der Waals surface area contributed by atoms with E-state index in [1.165, 1.54) is 6.92 Å². The van der Waals surface area contributed by atoms with E-state index in [4.69, 9.17) is 14.6 Å². The number of amides is 2. The maximum absolute atomic E-state index is 11.5. The van der Waals surface area contributed by atoms with Gasteiger partial charge in [0, 0.05) is 26.2 Å². The molecule has 0 radical (unpaired) electrons. The molecule has 2 amide bonds. The van der Waals surface area contributed by atoms with Gasteiger partial charge in [-0.1, -0.05) is 0 Å². The maximum Gasteiger partial charge on any atom is 0.405 e. The van der Waals surface area contributed by atoms with Gasteiger partial charge in [-0.05, 0) is 20.8 Å². The molecule has 106 valence electrons. The van der Waals surface area contributed by atoms with E-state index in [1.54, 1.807) is 0 Å². The van der Waals surface area contributed by atoms with Crippen molar-refractivity contribution in [3.05, 3.63) is 0 Å². The molecule has 0 unspecified atom stereocenters. The number of carbonyl (C=O) groups is 2. The van der Waals surface area contributed by atoms with Gasteiger partial charge >= 0.3 is 6.09 Å². The van der Waals surface area contributed by atoms with Gasteiger partial charge < -0.3 is 25.2 Å². The molecule has 0 spiro atoms. The fourth-order valence-corrected chi connectivity index (χ4v) is 1.30. The van der Waals surface area contributed by atoms with E-state index >= 15 is 0 Å². The lowest BCUT2D eigenvalue weighted by molar-refractivity contribution is -0.140. The first-order valence-electron chi connectivity index (χ1n) is 6.01. The van der Waals surface area contributed by atoms with E-state index in [9.17, 15) is 9.59 Å². The fourth-order valence-electron chi connectivity index (χ4n) is 1.30. The van der Waals surface area contributed by atoms with Gasteiger partial charge in [-0.15, -0.1) is 0 Å². The number of carbonyl (C=O) groups excluding carboxylic acids is 1. The zero-order chi connectivity index (χ0) is 14.0. The average Bonchev–Trinajstić information content (AvgIpc) is 2.28. The average molecular weight is 262 g/mol. The van der Waals surface area contributed by atoms with Crippen LogP contribution in [0.2, 0.25) is 0 Å². The molecule has 0 aromatic rings. The first-order chi connectivity index (χ1) is 8.51. The third-order valence-electron chi connectivity index (χ3n) is 2.12. The highest BCUT2D eigenvalue weighted by Crippen LogP contribution is 1.99. The van der Waals surface area contributed by atoms with Crippen LogP contribution < -0.4 is 10.6 Å². The summed E-state index contributed by atoms with van der Waals surface area (Å²) in [6.45, 7) is 6.65. The van der Waals surface area contributed by atoms with Crippen molar-refractivity contribution < 1.29 is 24.2 Å². The van der Waals surface area contributed by atoms with Gasteiger partial charge in [0.05, 0.1) is 0 Å². The van der Waals surface area contributed by atoms with Gasteiger partial charge in [-0.25, -0.2) is 4.79 Å². The summed E-state index contributed by atoms with van der Waals surface area (Å²) in [5, 5.41) is 13.1. The van der Waals surface area contributed by atoms with Crippen LogP contribution in [0.4, 0.5) is 4.79 Å². The third kappa shape index (κ3) is 7.86. The summed E-state index contributed by atoms with van der Waals surface area (Å²) in [5.41, 5.74) is 0. The normalized spacial score (nSPS) is 12.2. The van der Waals surface area contributed by atoms with Crippen LogP contribution in [0.1, 0.15) is 27.2 Å². The van der Waals surface area contributed by atoms with Crippen LogP contribution in [0.3, 0.4) is 0 Å². The van der Waals surface area contributed by atoms with Gasteiger partial charge in [0.1, 0.15) is 6.04 Å². The topological polar surface area (TPSA) is 96.9 Å². The van der Waals surface area contributed by atoms with Crippen LogP contribution in [-0.4, -0.2) is 49.2 Å². The largest absolute Gasteiger partial charge is 0.465 e. The Kier molecular flexibility index (Phi) is 8.95.